The molecule has 2 rings (SSSR count). The van der Waals surface area contributed by atoms with Crippen LogP contribution in [0.5, 0.6) is 0 Å². The van der Waals surface area contributed by atoms with Crippen molar-refractivity contribution >= 4 is 0 Å². The van der Waals surface area contributed by atoms with Gasteiger partial charge < -0.3 is 0 Å². The van der Waals surface area contributed by atoms with Crippen LogP contribution < -0.4 is 0 Å². The van der Waals surface area contributed by atoms with E-state index in [9.17, 15) is 0 Å². The second-order valence-electron chi connectivity index (χ2n) is 3.98. The van der Waals surface area contributed by atoms with Gasteiger partial charge in [-0.3, -0.25) is 9.88 Å². The molecule has 0 spiro atoms. The summed E-state index contributed by atoms with van der Waals surface area (Å²) in [7, 11) is 2.20. The third kappa shape index (κ3) is 1.59. The SMILES string of the molecule is CC1CCN(C)[C@@H]1c1cccnc1. The summed E-state index contributed by atoms with van der Waals surface area (Å²) in [4.78, 5) is 6.59. The van der Waals surface area contributed by atoms with Gasteiger partial charge in [0, 0.05) is 18.4 Å². The Morgan fingerprint density at radius 1 is 1.54 bits per heavy atom. The molecule has 1 unspecified atom stereocenters. The Bertz CT molecular complexity index is 261. The van der Waals surface area contributed by atoms with Crippen LogP contribution in [0.15, 0.2) is 24.5 Å². The van der Waals surface area contributed by atoms with Crippen LogP contribution in [0.3, 0.4) is 0 Å². The third-order valence-electron chi connectivity index (χ3n) is 2.98. The maximum absolute atomic E-state index is 4.17. The molecule has 0 bridgehead atoms. The highest BCUT2D eigenvalue weighted by Gasteiger charge is 2.29. The van der Waals surface area contributed by atoms with Crippen molar-refractivity contribution in [3.8, 4) is 0 Å². The first kappa shape index (κ1) is 8.70. The number of pyridine rings is 1. The molecule has 13 heavy (non-hydrogen) atoms. The van der Waals surface area contributed by atoms with Crippen LogP contribution in [0, 0.1) is 5.92 Å². The van der Waals surface area contributed by atoms with Gasteiger partial charge in [-0.15, -0.1) is 0 Å². The van der Waals surface area contributed by atoms with Gasteiger partial charge >= 0.3 is 0 Å². The number of nitrogens with zero attached hydrogens (tertiary/aromatic N) is 2. The van der Waals surface area contributed by atoms with Crippen molar-refractivity contribution in [3.05, 3.63) is 30.1 Å². The van der Waals surface area contributed by atoms with E-state index < -0.39 is 0 Å². The van der Waals surface area contributed by atoms with Gasteiger partial charge in [0.15, 0.2) is 0 Å². The number of rotatable bonds is 1. The maximum Gasteiger partial charge on any atom is 0.0386 e. The zero-order valence-corrected chi connectivity index (χ0v) is 8.27. The first-order valence-electron chi connectivity index (χ1n) is 4.89. The molecule has 0 amide bonds. The lowest BCUT2D eigenvalue weighted by molar-refractivity contribution is 0.285. The van der Waals surface area contributed by atoms with Crippen LogP contribution in [0.2, 0.25) is 0 Å². The minimum Gasteiger partial charge on any atom is -0.299 e. The molecule has 2 heterocycles. The zero-order valence-electron chi connectivity index (χ0n) is 8.27. The van der Waals surface area contributed by atoms with E-state index in [1.807, 2.05) is 18.5 Å². The minimum atomic E-state index is 0.577. The van der Waals surface area contributed by atoms with Gasteiger partial charge in [-0.25, -0.2) is 0 Å². The summed E-state index contributed by atoms with van der Waals surface area (Å²) in [5.41, 5.74) is 1.36. The zero-order chi connectivity index (χ0) is 9.26. The van der Waals surface area contributed by atoms with Crippen molar-refractivity contribution in [2.24, 2.45) is 5.92 Å². The van der Waals surface area contributed by atoms with Crippen molar-refractivity contribution in [2.45, 2.75) is 19.4 Å². The topological polar surface area (TPSA) is 16.1 Å². The summed E-state index contributed by atoms with van der Waals surface area (Å²) >= 11 is 0. The predicted octanol–water partition coefficient (Wildman–Crippen LogP) is 2.09. The van der Waals surface area contributed by atoms with Crippen LogP contribution >= 0.6 is 0 Å². The molecule has 2 heteroatoms. The molecular formula is C11H16N2. The van der Waals surface area contributed by atoms with Crippen molar-refractivity contribution < 1.29 is 0 Å². The number of hydrogen-bond donors (Lipinski definition) is 0. The Labute approximate surface area is 79.6 Å². The third-order valence-corrected chi connectivity index (χ3v) is 2.98. The van der Waals surface area contributed by atoms with Gasteiger partial charge in [0.1, 0.15) is 0 Å². The van der Waals surface area contributed by atoms with Gasteiger partial charge in [0.05, 0.1) is 0 Å². The largest absolute Gasteiger partial charge is 0.299 e. The molecule has 0 aromatic carbocycles. The monoisotopic (exact) mass is 176 g/mol. The Morgan fingerprint density at radius 3 is 2.92 bits per heavy atom. The Balaban J connectivity index is 2.25. The number of likely N-dealkylation sites (tertiary alicyclic amines) is 1. The second kappa shape index (κ2) is 3.46. The van der Waals surface area contributed by atoms with Crippen molar-refractivity contribution in [1.82, 2.24) is 9.88 Å². The van der Waals surface area contributed by atoms with Crippen LogP contribution in [0.4, 0.5) is 0 Å². The molecule has 2 atom stereocenters. The molecule has 1 aliphatic rings. The van der Waals surface area contributed by atoms with Crippen molar-refractivity contribution in [3.63, 3.8) is 0 Å². The van der Waals surface area contributed by atoms with Gasteiger partial charge in [-0.05, 0) is 37.6 Å². The van der Waals surface area contributed by atoms with E-state index in [0.29, 0.717) is 6.04 Å². The van der Waals surface area contributed by atoms with Crippen LogP contribution in [-0.2, 0) is 0 Å². The average molecular weight is 176 g/mol. The lowest BCUT2D eigenvalue weighted by atomic mass is 9.97. The lowest BCUT2D eigenvalue weighted by Crippen LogP contribution is -2.20. The summed E-state index contributed by atoms with van der Waals surface area (Å²) in [5, 5.41) is 0. The Hall–Kier alpha value is -0.890. The normalized spacial score (nSPS) is 29.4. The Kier molecular flexibility index (Phi) is 2.32. The highest BCUT2D eigenvalue weighted by atomic mass is 15.2. The maximum atomic E-state index is 4.17. The fraction of sp³-hybridized carbons (Fsp3) is 0.545. The molecule has 1 aliphatic heterocycles. The molecule has 1 saturated heterocycles. The summed E-state index contributed by atoms with van der Waals surface area (Å²) in [6, 6.07) is 4.78. The molecule has 70 valence electrons. The number of hydrogen-bond acceptors (Lipinski definition) is 2. The quantitative estimate of drug-likeness (QED) is 0.651. The standard InChI is InChI=1S/C11H16N2/c1-9-5-7-13(2)11(9)10-4-3-6-12-8-10/h3-4,6,8-9,11H,5,7H2,1-2H3/t9?,11-/m0/s1. The summed E-state index contributed by atoms with van der Waals surface area (Å²) in [6.07, 6.45) is 5.13. The van der Waals surface area contributed by atoms with E-state index in [0.717, 1.165) is 5.92 Å². The molecule has 1 aromatic heterocycles. The Morgan fingerprint density at radius 2 is 2.38 bits per heavy atom. The average Bonchev–Trinajstić information content (AvgIpc) is 2.48. The highest BCUT2D eigenvalue weighted by Crippen LogP contribution is 2.34. The van der Waals surface area contributed by atoms with Gasteiger partial charge in [-0.1, -0.05) is 13.0 Å². The van der Waals surface area contributed by atoms with Crippen LogP contribution in [-0.4, -0.2) is 23.5 Å². The van der Waals surface area contributed by atoms with E-state index in [-0.39, 0.29) is 0 Å². The van der Waals surface area contributed by atoms with Crippen LogP contribution in [0.25, 0.3) is 0 Å². The highest BCUT2D eigenvalue weighted by molar-refractivity contribution is 5.16. The van der Waals surface area contributed by atoms with Crippen LogP contribution in [0.1, 0.15) is 24.9 Å². The summed E-state index contributed by atoms with van der Waals surface area (Å²) in [5.74, 6) is 0.759. The summed E-state index contributed by atoms with van der Waals surface area (Å²) < 4.78 is 0. The fourth-order valence-corrected chi connectivity index (χ4v) is 2.27. The molecule has 2 nitrogen and oxygen atoms in total. The number of aromatic nitrogens is 1. The molecular weight excluding hydrogens is 160 g/mol. The smallest absolute Gasteiger partial charge is 0.0386 e. The van der Waals surface area contributed by atoms with E-state index in [1.54, 1.807) is 0 Å². The fourth-order valence-electron chi connectivity index (χ4n) is 2.27. The molecule has 0 radical (unpaired) electrons. The van der Waals surface area contributed by atoms with E-state index in [2.05, 4.69) is 29.9 Å². The van der Waals surface area contributed by atoms with Crippen molar-refractivity contribution in [2.75, 3.05) is 13.6 Å². The predicted molar refractivity (Wildman–Crippen MR) is 53.4 cm³/mol. The molecule has 1 aromatic rings. The summed E-state index contributed by atoms with van der Waals surface area (Å²) in [6.45, 7) is 3.53. The molecule has 0 aliphatic carbocycles. The lowest BCUT2D eigenvalue weighted by Gasteiger charge is -2.22. The minimum absolute atomic E-state index is 0.577. The van der Waals surface area contributed by atoms with Gasteiger partial charge in [0.2, 0.25) is 0 Å². The van der Waals surface area contributed by atoms with Crippen molar-refractivity contribution in [1.29, 1.82) is 0 Å². The van der Waals surface area contributed by atoms with E-state index in [1.165, 1.54) is 18.5 Å². The first-order valence-corrected chi connectivity index (χ1v) is 4.89. The van der Waals surface area contributed by atoms with Gasteiger partial charge in [-0.2, -0.15) is 0 Å². The molecule has 0 N–H and O–H groups in total. The molecule has 0 saturated carbocycles. The van der Waals surface area contributed by atoms with E-state index in [4.69, 9.17) is 0 Å². The first-order chi connectivity index (χ1) is 6.29. The van der Waals surface area contributed by atoms with Gasteiger partial charge in [0.25, 0.3) is 0 Å². The van der Waals surface area contributed by atoms with E-state index >= 15 is 0 Å². The second-order valence-corrected chi connectivity index (χ2v) is 3.98. The molecule has 1 fully saturated rings.